The van der Waals surface area contributed by atoms with E-state index < -0.39 is 14.0 Å². The fraction of sp³-hybridized carbons (Fsp3) is 0.182. The third-order valence-electron chi connectivity index (χ3n) is 1.91. The molecule has 0 radical (unpaired) electrons. The number of benzene rings is 1. The van der Waals surface area contributed by atoms with Crippen molar-refractivity contribution in [3.63, 3.8) is 0 Å². The van der Waals surface area contributed by atoms with Crippen LogP contribution in [0.15, 0.2) is 35.3 Å². The van der Waals surface area contributed by atoms with Crippen LogP contribution in [0.2, 0.25) is 0 Å². The molecule has 0 aromatic heterocycles. The number of rotatable bonds is 5. The second-order valence-corrected chi connectivity index (χ2v) is 5.98. The fourth-order valence-electron chi connectivity index (χ4n) is 1.15. The SMILES string of the molecule is C=CCOc1cc(/C(C)=N/[S@@](=O)I)ccc1F. The summed E-state index contributed by atoms with van der Waals surface area (Å²) in [6, 6.07) is 4.39. The average molecular weight is 367 g/mol. The van der Waals surface area contributed by atoms with Crippen LogP contribution in [0.3, 0.4) is 0 Å². The summed E-state index contributed by atoms with van der Waals surface area (Å²) in [6.45, 7) is 5.43. The van der Waals surface area contributed by atoms with Crippen LogP contribution < -0.4 is 4.74 Å². The molecule has 0 heterocycles. The lowest BCUT2D eigenvalue weighted by Crippen LogP contribution is -2.00. The van der Waals surface area contributed by atoms with Crippen LogP contribution in [0.5, 0.6) is 5.75 Å². The van der Waals surface area contributed by atoms with Gasteiger partial charge < -0.3 is 4.74 Å². The van der Waals surface area contributed by atoms with E-state index in [0.29, 0.717) is 11.3 Å². The van der Waals surface area contributed by atoms with E-state index in [1.165, 1.54) is 18.2 Å². The zero-order chi connectivity index (χ0) is 12.8. The fourth-order valence-corrected chi connectivity index (χ4v) is 2.36. The molecule has 6 heteroatoms. The van der Waals surface area contributed by atoms with E-state index in [4.69, 9.17) is 4.74 Å². The van der Waals surface area contributed by atoms with Gasteiger partial charge in [-0.1, -0.05) is 12.7 Å². The molecule has 17 heavy (non-hydrogen) atoms. The molecule has 0 N–H and O–H groups in total. The van der Waals surface area contributed by atoms with Crippen LogP contribution in [-0.2, 0) is 8.16 Å². The maximum absolute atomic E-state index is 13.4. The topological polar surface area (TPSA) is 38.7 Å². The molecule has 0 saturated heterocycles. The first-order valence-corrected chi connectivity index (χ1v) is 8.36. The summed E-state index contributed by atoms with van der Waals surface area (Å²) in [5.41, 5.74) is 1.25. The first-order chi connectivity index (χ1) is 8.04. The van der Waals surface area contributed by atoms with E-state index in [1.807, 2.05) is 0 Å². The summed E-state index contributed by atoms with van der Waals surface area (Å²) in [5.74, 6) is -0.310. The Morgan fingerprint density at radius 2 is 2.41 bits per heavy atom. The van der Waals surface area contributed by atoms with E-state index in [2.05, 4.69) is 11.0 Å². The number of nitrogens with zero attached hydrogens (tertiary/aromatic N) is 1. The summed E-state index contributed by atoms with van der Waals surface area (Å²) in [4.78, 5) is 0. The minimum Gasteiger partial charge on any atom is -0.486 e. The van der Waals surface area contributed by atoms with Gasteiger partial charge in [0.15, 0.2) is 11.6 Å². The predicted octanol–water partition coefficient (Wildman–Crippen LogP) is 3.21. The molecule has 3 nitrogen and oxygen atoms in total. The van der Waals surface area contributed by atoms with Crippen LogP contribution >= 0.6 is 21.2 Å². The smallest absolute Gasteiger partial charge is 0.203 e. The molecule has 0 bridgehead atoms. The van der Waals surface area contributed by atoms with Gasteiger partial charge in [-0.05, 0) is 25.1 Å². The van der Waals surface area contributed by atoms with E-state index >= 15 is 0 Å². The van der Waals surface area contributed by atoms with Crippen molar-refractivity contribution in [1.82, 2.24) is 0 Å². The molecule has 0 saturated carbocycles. The standard InChI is InChI=1S/C11H11FINO2S/c1-3-6-16-11-7-9(4-5-10(11)12)8(2)14-17(13)15/h3-5,7H,1,6H2,2H3/b14-8+/t17-/m0/s1. The van der Waals surface area contributed by atoms with Crippen molar-refractivity contribution in [2.75, 3.05) is 6.61 Å². The molecule has 0 aliphatic rings. The zero-order valence-electron chi connectivity index (χ0n) is 9.15. The second-order valence-electron chi connectivity index (χ2n) is 3.13. The molecular weight excluding hydrogens is 356 g/mol. The minimum absolute atomic E-state index is 0.135. The van der Waals surface area contributed by atoms with Crippen LogP contribution in [0.1, 0.15) is 12.5 Å². The van der Waals surface area contributed by atoms with Crippen molar-refractivity contribution in [3.05, 3.63) is 42.2 Å². The molecule has 0 unspecified atom stereocenters. The zero-order valence-corrected chi connectivity index (χ0v) is 12.1. The lowest BCUT2D eigenvalue weighted by atomic mass is 10.1. The molecule has 1 rings (SSSR count). The average Bonchev–Trinajstić information content (AvgIpc) is 2.27. The second kappa shape index (κ2) is 6.85. The summed E-state index contributed by atoms with van der Waals surface area (Å²) in [5, 5.41) is 0. The van der Waals surface area contributed by atoms with Gasteiger partial charge in [-0.3, -0.25) is 0 Å². The highest BCUT2D eigenvalue weighted by molar-refractivity contribution is 14.2. The van der Waals surface area contributed by atoms with Crippen LogP contribution in [-0.4, -0.2) is 16.5 Å². The number of hydrogen-bond donors (Lipinski definition) is 0. The summed E-state index contributed by atoms with van der Waals surface area (Å²) < 4.78 is 33.3. The Hall–Kier alpha value is -0.760. The highest BCUT2D eigenvalue weighted by Gasteiger charge is 2.06. The van der Waals surface area contributed by atoms with Gasteiger partial charge in [-0.15, -0.1) is 0 Å². The Morgan fingerprint density at radius 1 is 1.71 bits per heavy atom. The molecule has 1 aromatic rings. The molecule has 0 aliphatic carbocycles. The van der Waals surface area contributed by atoms with Gasteiger partial charge >= 0.3 is 0 Å². The normalized spacial score (nSPS) is 13.2. The third-order valence-corrected chi connectivity index (χ3v) is 2.92. The van der Waals surface area contributed by atoms with Gasteiger partial charge in [-0.25, -0.2) is 8.60 Å². The van der Waals surface area contributed by atoms with Crippen LogP contribution in [0.25, 0.3) is 0 Å². The Morgan fingerprint density at radius 3 is 3.00 bits per heavy atom. The summed E-state index contributed by atoms with van der Waals surface area (Å²) >= 11 is 1.69. The highest BCUT2D eigenvalue weighted by Crippen LogP contribution is 2.19. The predicted molar refractivity (Wildman–Crippen MR) is 76.5 cm³/mol. The molecule has 0 amide bonds. The summed E-state index contributed by atoms with van der Waals surface area (Å²) in [7, 11) is -1.31. The lowest BCUT2D eigenvalue weighted by molar-refractivity contribution is 0.342. The molecule has 1 atom stereocenters. The van der Waals surface area contributed by atoms with Crippen molar-refractivity contribution in [1.29, 1.82) is 0 Å². The Labute approximate surface area is 114 Å². The van der Waals surface area contributed by atoms with Crippen molar-refractivity contribution in [3.8, 4) is 5.75 Å². The first-order valence-electron chi connectivity index (χ1n) is 4.71. The number of halogens is 2. The number of hydrogen-bond acceptors (Lipinski definition) is 2. The van der Waals surface area contributed by atoms with E-state index in [9.17, 15) is 8.60 Å². The molecule has 92 valence electrons. The highest BCUT2D eigenvalue weighted by atomic mass is 127. The minimum atomic E-state index is -1.31. The molecular formula is C11H11FINO2S. The van der Waals surface area contributed by atoms with E-state index in [-0.39, 0.29) is 12.4 Å². The maximum atomic E-state index is 13.4. The Kier molecular flexibility index (Phi) is 5.76. The largest absolute Gasteiger partial charge is 0.486 e. The quantitative estimate of drug-likeness (QED) is 0.347. The van der Waals surface area contributed by atoms with Gasteiger partial charge in [0.2, 0.25) is 8.16 Å². The first kappa shape index (κ1) is 14.3. The third kappa shape index (κ3) is 4.55. The van der Waals surface area contributed by atoms with Crippen LogP contribution in [0, 0.1) is 5.82 Å². The van der Waals surface area contributed by atoms with Crippen molar-refractivity contribution in [2.24, 2.45) is 4.40 Å². The maximum Gasteiger partial charge on any atom is 0.203 e. The molecule has 0 aliphatic heterocycles. The monoisotopic (exact) mass is 367 g/mol. The van der Waals surface area contributed by atoms with Gasteiger partial charge in [0.1, 0.15) is 6.61 Å². The van der Waals surface area contributed by atoms with Crippen molar-refractivity contribution < 1.29 is 13.3 Å². The van der Waals surface area contributed by atoms with Crippen molar-refractivity contribution >= 4 is 35.1 Å². The van der Waals surface area contributed by atoms with Gasteiger partial charge in [0.25, 0.3) is 0 Å². The van der Waals surface area contributed by atoms with Gasteiger partial charge in [-0.2, -0.15) is 4.40 Å². The van der Waals surface area contributed by atoms with Crippen molar-refractivity contribution in [2.45, 2.75) is 6.92 Å². The summed E-state index contributed by atoms with van der Waals surface area (Å²) in [6.07, 6.45) is 1.53. The van der Waals surface area contributed by atoms with Gasteiger partial charge in [0.05, 0.1) is 26.9 Å². The Bertz CT molecular complexity index is 477. The Balaban J connectivity index is 3.03. The lowest BCUT2D eigenvalue weighted by Gasteiger charge is -2.07. The van der Waals surface area contributed by atoms with Gasteiger partial charge in [0, 0.05) is 5.56 Å². The van der Waals surface area contributed by atoms with E-state index in [1.54, 1.807) is 34.2 Å². The molecule has 0 fully saturated rings. The van der Waals surface area contributed by atoms with Crippen LogP contribution in [0.4, 0.5) is 4.39 Å². The number of ether oxygens (including phenoxy) is 1. The molecule has 0 spiro atoms. The molecule has 1 aromatic carbocycles. The van der Waals surface area contributed by atoms with E-state index in [0.717, 1.165) is 0 Å².